The van der Waals surface area contributed by atoms with E-state index in [0.717, 1.165) is 17.0 Å². The van der Waals surface area contributed by atoms with E-state index in [0.29, 0.717) is 23.3 Å². The molecule has 0 saturated heterocycles. The molecule has 0 amide bonds. The van der Waals surface area contributed by atoms with Crippen molar-refractivity contribution in [2.45, 2.75) is 17.4 Å². The molecule has 0 aliphatic carbocycles. The molecule has 0 aliphatic heterocycles. The molecule has 0 aliphatic rings. The fourth-order valence-electron chi connectivity index (χ4n) is 1.91. The summed E-state index contributed by atoms with van der Waals surface area (Å²) in [7, 11) is 1.65. The van der Waals surface area contributed by atoms with E-state index in [2.05, 4.69) is 15.2 Å². The van der Waals surface area contributed by atoms with Gasteiger partial charge in [0.2, 0.25) is 5.89 Å². The van der Waals surface area contributed by atoms with Crippen LogP contribution in [0.2, 0.25) is 0 Å². The Morgan fingerprint density at radius 2 is 1.95 bits per heavy atom. The molecule has 3 rings (SSSR count). The van der Waals surface area contributed by atoms with Crippen molar-refractivity contribution >= 4 is 11.8 Å². The second-order valence-electron chi connectivity index (χ2n) is 4.60. The number of thioether (sulfide) groups is 1. The van der Waals surface area contributed by atoms with Crippen molar-refractivity contribution in [1.82, 2.24) is 15.2 Å². The molecule has 0 N–H and O–H groups in total. The van der Waals surface area contributed by atoms with E-state index in [1.54, 1.807) is 13.3 Å². The molecule has 3 aromatic rings. The average Bonchev–Trinajstić information content (AvgIpc) is 3.02. The van der Waals surface area contributed by atoms with Crippen LogP contribution in [0.1, 0.15) is 17.1 Å². The van der Waals surface area contributed by atoms with Crippen LogP contribution in [0.4, 0.5) is 0 Å². The van der Waals surface area contributed by atoms with Gasteiger partial charge in [-0.3, -0.25) is 4.98 Å². The first-order valence-electron chi connectivity index (χ1n) is 6.81. The molecule has 0 bridgehead atoms. The summed E-state index contributed by atoms with van der Waals surface area (Å²) in [5.41, 5.74) is 2.09. The number of aromatic nitrogens is 3. The predicted molar refractivity (Wildman–Crippen MR) is 83.9 cm³/mol. The summed E-state index contributed by atoms with van der Waals surface area (Å²) < 4.78 is 10.8. The van der Waals surface area contributed by atoms with Gasteiger partial charge in [-0.05, 0) is 29.8 Å². The third-order valence-electron chi connectivity index (χ3n) is 3.03. The van der Waals surface area contributed by atoms with Crippen molar-refractivity contribution in [3.63, 3.8) is 0 Å². The SMILES string of the molecule is COc1ccc(Cc2nnc(SCc3ccccn3)o2)cc1. The topological polar surface area (TPSA) is 61.0 Å². The fraction of sp³-hybridized carbons (Fsp3) is 0.188. The lowest BCUT2D eigenvalue weighted by Crippen LogP contribution is -1.89. The summed E-state index contributed by atoms with van der Waals surface area (Å²) >= 11 is 1.49. The Labute approximate surface area is 132 Å². The number of hydrogen-bond acceptors (Lipinski definition) is 6. The van der Waals surface area contributed by atoms with Crippen LogP contribution in [0.15, 0.2) is 58.3 Å². The van der Waals surface area contributed by atoms with Crippen molar-refractivity contribution in [2.24, 2.45) is 0 Å². The molecule has 0 spiro atoms. The Morgan fingerprint density at radius 3 is 2.68 bits per heavy atom. The first kappa shape index (κ1) is 14.6. The Balaban J connectivity index is 1.58. The lowest BCUT2D eigenvalue weighted by molar-refractivity contribution is 0.413. The van der Waals surface area contributed by atoms with E-state index in [9.17, 15) is 0 Å². The third-order valence-corrected chi connectivity index (χ3v) is 3.88. The number of hydrogen-bond donors (Lipinski definition) is 0. The first-order chi connectivity index (χ1) is 10.8. The largest absolute Gasteiger partial charge is 0.497 e. The molecule has 5 nitrogen and oxygen atoms in total. The van der Waals surface area contributed by atoms with E-state index < -0.39 is 0 Å². The van der Waals surface area contributed by atoms with Gasteiger partial charge >= 0.3 is 0 Å². The number of methoxy groups -OCH3 is 1. The molecule has 1 aromatic carbocycles. The van der Waals surface area contributed by atoms with Crippen LogP contribution in [0.3, 0.4) is 0 Å². The molecular formula is C16H15N3O2S. The van der Waals surface area contributed by atoms with Gasteiger partial charge in [-0.15, -0.1) is 10.2 Å². The van der Waals surface area contributed by atoms with Crippen LogP contribution >= 0.6 is 11.8 Å². The average molecular weight is 313 g/mol. The summed E-state index contributed by atoms with van der Waals surface area (Å²) in [6.45, 7) is 0. The van der Waals surface area contributed by atoms with E-state index >= 15 is 0 Å². The van der Waals surface area contributed by atoms with Crippen molar-refractivity contribution in [3.8, 4) is 5.75 Å². The van der Waals surface area contributed by atoms with Gasteiger partial charge in [0.1, 0.15) is 5.75 Å². The standard InChI is InChI=1S/C16H15N3O2S/c1-20-14-7-5-12(6-8-14)10-15-18-19-16(21-15)22-11-13-4-2-3-9-17-13/h2-9H,10-11H2,1H3. The van der Waals surface area contributed by atoms with Crippen molar-refractivity contribution < 1.29 is 9.15 Å². The minimum Gasteiger partial charge on any atom is -0.497 e. The van der Waals surface area contributed by atoms with Gasteiger partial charge in [-0.25, -0.2) is 0 Å². The molecule has 6 heteroatoms. The van der Waals surface area contributed by atoms with Gasteiger partial charge in [0.15, 0.2) is 0 Å². The Morgan fingerprint density at radius 1 is 1.09 bits per heavy atom. The van der Waals surface area contributed by atoms with Crippen LogP contribution in [0, 0.1) is 0 Å². The second-order valence-corrected chi connectivity index (χ2v) is 5.52. The smallest absolute Gasteiger partial charge is 0.276 e. The minimum absolute atomic E-state index is 0.564. The second kappa shape index (κ2) is 7.09. The van der Waals surface area contributed by atoms with E-state index in [-0.39, 0.29) is 0 Å². The van der Waals surface area contributed by atoms with Crippen LogP contribution in [-0.2, 0) is 12.2 Å². The summed E-state index contributed by atoms with van der Waals surface area (Å²) in [5.74, 6) is 2.15. The molecule has 22 heavy (non-hydrogen) atoms. The van der Waals surface area contributed by atoms with Gasteiger partial charge in [0, 0.05) is 11.9 Å². The lowest BCUT2D eigenvalue weighted by Gasteiger charge is -2.00. The zero-order chi connectivity index (χ0) is 15.2. The normalized spacial score (nSPS) is 10.6. The lowest BCUT2D eigenvalue weighted by atomic mass is 10.1. The van der Waals surface area contributed by atoms with Gasteiger partial charge in [-0.1, -0.05) is 30.0 Å². The van der Waals surface area contributed by atoms with Crippen molar-refractivity contribution in [1.29, 1.82) is 0 Å². The zero-order valence-electron chi connectivity index (χ0n) is 12.1. The summed E-state index contributed by atoms with van der Waals surface area (Å²) in [6.07, 6.45) is 2.39. The summed E-state index contributed by atoms with van der Waals surface area (Å²) in [6, 6.07) is 13.7. The number of pyridine rings is 1. The molecule has 2 heterocycles. The fourth-order valence-corrected chi connectivity index (χ4v) is 2.60. The Bertz CT molecular complexity index is 714. The molecule has 0 atom stereocenters. The number of ether oxygens (including phenoxy) is 1. The van der Waals surface area contributed by atoms with E-state index in [1.807, 2.05) is 42.5 Å². The third kappa shape index (κ3) is 3.85. The molecule has 0 radical (unpaired) electrons. The maximum absolute atomic E-state index is 5.65. The minimum atomic E-state index is 0.564. The number of benzene rings is 1. The van der Waals surface area contributed by atoms with Crippen molar-refractivity contribution in [2.75, 3.05) is 7.11 Å². The molecule has 0 unspecified atom stereocenters. The highest BCUT2D eigenvalue weighted by molar-refractivity contribution is 7.98. The van der Waals surface area contributed by atoms with Crippen LogP contribution in [0.25, 0.3) is 0 Å². The maximum atomic E-state index is 5.65. The Kier molecular flexibility index (Phi) is 4.70. The molecular weight excluding hydrogens is 298 g/mol. The molecule has 0 saturated carbocycles. The summed E-state index contributed by atoms with van der Waals surface area (Å²) in [4.78, 5) is 4.26. The summed E-state index contributed by atoms with van der Waals surface area (Å²) in [5, 5.41) is 8.70. The number of rotatable bonds is 6. The maximum Gasteiger partial charge on any atom is 0.276 e. The van der Waals surface area contributed by atoms with E-state index in [4.69, 9.17) is 9.15 Å². The molecule has 0 fully saturated rings. The Hall–Kier alpha value is -2.34. The van der Waals surface area contributed by atoms with Crippen LogP contribution in [0.5, 0.6) is 5.75 Å². The zero-order valence-corrected chi connectivity index (χ0v) is 12.9. The molecule has 2 aromatic heterocycles. The van der Waals surface area contributed by atoms with Gasteiger partial charge < -0.3 is 9.15 Å². The first-order valence-corrected chi connectivity index (χ1v) is 7.80. The number of nitrogens with zero attached hydrogens (tertiary/aromatic N) is 3. The highest BCUT2D eigenvalue weighted by atomic mass is 32.2. The van der Waals surface area contributed by atoms with E-state index in [1.165, 1.54) is 11.8 Å². The predicted octanol–water partition coefficient (Wildman–Crippen LogP) is 3.36. The van der Waals surface area contributed by atoms with Crippen LogP contribution < -0.4 is 4.74 Å². The van der Waals surface area contributed by atoms with Crippen molar-refractivity contribution in [3.05, 3.63) is 65.8 Å². The highest BCUT2D eigenvalue weighted by Crippen LogP contribution is 2.21. The van der Waals surface area contributed by atoms with Crippen LogP contribution in [-0.4, -0.2) is 22.3 Å². The molecule has 112 valence electrons. The van der Waals surface area contributed by atoms with Gasteiger partial charge in [0.25, 0.3) is 5.22 Å². The van der Waals surface area contributed by atoms with Gasteiger partial charge in [-0.2, -0.15) is 0 Å². The van der Waals surface area contributed by atoms with Gasteiger partial charge in [0.05, 0.1) is 19.2 Å². The highest BCUT2D eigenvalue weighted by Gasteiger charge is 2.08. The monoisotopic (exact) mass is 313 g/mol. The quantitative estimate of drug-likeness (QED) is 0.650.